The first kappa shape index (κ1) is 41.9. The first-order valence-corrected chi connectivity index (χ1v) is 18.1. The molecule has 12 nitrogen and oxygen atoms in total. The lowest BCUT2D eigenvalue weighted by Gasteiger charge is -2.08. The maximum absolute atomic E-state index is 12.7. The van der Waals surface area contributed by atoms with Crippen molar-refractivity contribution in [2.75, 3.05) is 26.4 Å². The Bertz CT molecular complexity index is 1970. The fraction of sp³-hybridized carbons (Fsp3) is 0.227. The molecule has 0 heterocycles. The van der Waals surface area contributed by atoms with Crippen molar-refractivity contribution >= 4 is 35.8 Å². The standard InChI is InChI=1S/C44H44N2O10/c1-4-40(33-13-25-39(26-14-33)56-44(50)35-17-23-37(24-18-35)52-28-8-10-30-54-42(48)6-3)46-45-31-32-11-19-38(20-12-32)55-43(49)34-15-21-36(22-16-34)51-27-7-9-29-53-41(47)5-2/h5-6,11-26,31H,2-4,7-10,27-30H2,1H3/b45-31+,46-40+. The van der Waals surface area contributed by atoms with Crippen molar-refractivity contribution < 1.29 is 47.6 Å². The SMILES string of the molecule is C=CC(=O)OCCCCOc1ccc(C(=O)Oc2ccc(/C=N/N=C(\CC)c3ccc(OC(=O)c4ccc(OCCCCOC(=O)C=C)cc4)cc3)cc2)cc1. The Labute approximate surface area is 326 Å². The molecule has 0 N–H and O–H groups in total. The minimum atomic E-state index is -0.504. The van der Waals surface area contributed by atoms with Crippen LogP contribution in [0.5, 0.6) is 23.0 Å². The van der Waals surface area contributed by atoms with Crippen molar-refractivity contribution in [3.63, 3.8) is 0 Å². The van der Waals surface area contributed by atoms with Gasteiger partial charge in [-0.05, 0) is 140 Å². The summed E-state index contributed by atoms with van der Waals surface area (Å²) in [5.41, 5.74) is 3.08. The second-order valence-electron chi connectivity index (χ2n) is 11.9. The summed E-state index contributed by atoms with van der Waals surface area (Å²) in [7, 11) is 0. The zero-order chi connectivity index (χ0) is 40.0. The van der Waals surface area contributed by atoms with E-state index in [-0.39, 0.29) is 0 Å². The van der Waals surface area contributed by atoms with Crippen LogP contribution in [0.3, 0.4) is 0 Å². The highest BCUT2D eigenvalue weighted by Crippen LogP contribution is 2.19. The van der Waals surface area contributed by atoms with E-state index >= 15 is 0 Å². The topological polar surface area (TPSA) is 148 Å². The van der Waals surface area contributed by atoms with Crippen LogP contribution in [0.25, 0.3) is 0 Å². The van der Waals surface area contributed by atoms with Crippen molar-refractivity contribution in [3.8, 4) is 23.0 Å². The molecule has 4 rings (SSSR count). The Balaban J connectivity index is 1.19. The number of unbranched alkanes of at least 4 members (excludes halogenated alkanes) is 2. The van der Waals surface area contributed by atoms with Crippen molar-refractivity contribution in [3.05, 3.63) is 145 Å². The van der Waals surface area contributed by atoms with Gasteiger partial charge in [-0.3, -0.25) is 0 Å². The summed E-state index contributed by atoms with van der Waals surface area (Å²) in [6, 6.07) is 27.2. The van der Waals surface area contributed by atoms with E-state index in [1.165, 1.54) is 0 Å². The number of benzene rings is 4. The van der Waals surface area contributed by atoms with E-state index in [2.05, 4.69) is 23.4 Å². The molecule has 0 aliphatic carbocycles. The van der Waals surface area contributed by atoms with Gasteiger partial charge in [0.1, 0.15) is 23.0 Å². The second-order valence-corrected chi connectivity index (χ2v) is 11.9. The molecule has 0 spiro atoms. The summed E-state index contributed by atoms with van der Waals surface area (Å²) in [6.45, 7) is 10.2. The molecule has 0 radical (unpaired) electrons. The van der Waals surface area contributed by atoms with Crippen LogP contribution >= 0.6 is 0 Å². The minimum Gasteiger partial charge on any atom is -0.494 e. The molecule has 0 fully saturated rings. The van der Waals surface area contributed by atoms with Crippen molar-refractivity contribution in [2.24, 2.45) is 10.2 Å². The van der Waals surface area contributed by atoms with Gasteiger partial charge >= 0.3 is 23.9 Å². The van der Waals surface area contributed by atoms with Gasteiger partial charge < -0.3 is 28.4 Å². The monoisotopic (exact) mass is 760 g/mol. The molecule has 0 saturated carbocycles. The normalized spacial score (nSPS) is 11.0. The molecule has 56 heavy (non-hydrogen) atoms. The molecule has 12 heteroatoms. The van der Waals surface area contributed by atoms with E-state index < -0.39 is 23.9 Å². The zero-order valence-electron chi connectivity index (χ0n) is 31.2. The average molecular weight is 761 g/mol. The minimum absolute atomic E-state index is 0.304. The largest absolute Gasteiger partial charge is 0.494 e. The number of hydrogen-bond acceptors (Lipinski definition) is 12. The summed E-state index contributed by atoms with van der Waals surface area (Å²) >= 11 is 0. The Morgan fingerprint density at radius 1 is 0.536 bits per heavy atom. The van der Waals surface area contributed by atoms with Crippen LogP contribution in [0, 0.1) is 0 Å². The number of hydrogen-bond donors (Lipinski definition) is 0. The van der Waals surface area contributed by atoms with Gasteiger partial charge in [-0.1, -0.05) is 20.1 Å². The van der Waals surface area contributed by atoms with Gasteiger partial charge in [0.15, 0.2) is 0 Å². The molecule has 4 aromatic rings. The molecule has 0 atom stereocenters. The average Bonchev–Trinajstić information content (AvgIpc) is 3.23. The van der Waals surface area contributed by atoms with Gasteiger partial charge in [-0.15, -0.1) is 0 Å². The molecule has 290 valence electrons. The van der Waals surface area contributed by atoms with Crippen molar-refractivity contribution in [1.82, 2.24) is 0 Å². The Kier molecular flexibility index (Phi) is 17.3. The molecule has 0 aliphatic rings. The number of carbonyl (C=O) groups excluding carboxylic acids is 4. The highest BCUT2D eigenvalue weighted by atomic mass is 16.5. The van der Waals surface area contributed by atoms with Gasteiger partial charge in [-0.2, -0.15) is 10.2 Å². The van der Waals surface area contributed by atoms with Crippen molar-refractivity contribution in [1.29, 1.82) is 0 Å². The van der Waals surface area contributed by atoms with Gasteiger partial charge in [0.2, 0.25) is 0 Å². The molecular weight excluding hydrogens is 716 g/mol. The first-order chi connectivity index (χ1) is 27.3. The third-order valence-electron chi connectivity index (χ3n) is 7.83. The van der Waals surface area contributed by atoms with Crippen molar-refractivity contribution in [2.45, 2.75) is 39.0 Å². The van der Waals surface area contributed by atoms with Crippen LogP contribution < -0.4 is 18.9 Å². The summed E-state index contributed by atoms with van der Waals surface area (Å²) in [5.74, 6) is 0.0941. The quantitative estimate of drug-likeness (QED) is 0.0192. The fourth-order valence-electron chi connectivity index (χ4n) is 4.79. The van der Waals surface area contributed by atoms with Crippen LogP contribution in [-0.4, -0.2) is 62.2 Å². The van der Waals surface area contributed by atoms with E-state index in [1.54, 1.807) is 91.1 Å². The molecule has 0 saturated heterocycles. The van der Waals surface area contributed by atoms with Gasteiger partial charge in [0, 0.05) is 12.2 Å². The third kappa shape index (κ3) is 14.5. The van der Waals surface area contributed by atoms with E-state index in [1.807, 2.05) is 19.1 Å². The number of carbonyl (C=O) groups is 4. The van der Waals surface area contributed by atoms with Crippen LogP contribution in [0.1, 0.15) is 70.9 Å². The summed E-state index contributed by atoms with van der Waals surface area (Å²) in [6.07, 6.45) is 7.21. The maximum atomic E-state index is 12.7. The van der Waals surface area contributed by atoms with E-state index in [0.29, 0.717) is 92.7 Å². The molecule has 0 unspecified atom stereocenters. The Morgan fingerprint density at radius 3 is 1.36 bits per heavy atom. The number of rotatable bonds is 22. The predicted octanol–water partition coefficient (Wildman–Crippen LogP) is 8.13. The molecule has 0 amide bonds. The Hall–Kier alpha value is -6.82. The molecule has 4 aromatic carbocycles. The lowest BCUT2D eigenvalue weighted by molar-refractivity contribution is -0.138. The van der Waals surface area contributed by atoms with E-state index in [4.69, 9.17) is 28.4 Å². The number of ether oxygens (including phenoxy) is 6. The van der Waals surface area contributed by atoms with Crippen LogP contribution in [0.15, 0.2) is 133 Å². The lowest BCUT2D eigenvalue weighted by Crippen LogP contribution is -2.09. The molecule has 0 bridgehead atoms. The van der Waals surface area contributed by atoms with Gasteiger partial charge in [-0.25, -0.2) is 19.2 Å². The summed E-state index contributed by atoms with van der Waals surface area (Å²) < 4.78 is 32.3. The highest BCUT2D eigenvalue weighted by Gasteiger charge is 2.11. The highest BCUT2D eigenvalue weighted by molar-refractivity contribution is 6.01. The predicted molar refractivity (Wildman–Crippen MR) is 212 cm³/mol. The fourth-order valence-corrected chi connectivity index (χ4v) is 4.79. The number of esters is 4. The summed E-state index contributed by atoms with van der Waals surface area (Å²) in [5, 5.41) is 8.63. The van der Waals surface area contributed by atoms with Gasteiger partial charge in [0.05, 0.1) is 49.5 Å². The second kappa shape index (κ2) is 23.1. The van der Waals surface area contributed by atoms with Crippen LogP contribution in [0.2, 0.25) is 0 Å². The van der Waals surface area contributed by atoms with Crippen LogP contribution in [-0.2, 0) is 19.1 Å². The molecular formula is C44H44N2O10. The smallest absolute Gasteiger partial charge is 0.343 e. The van der Waals surface area contributed by atoms with Gasteiger partial charge in [0.25, 0.3) is 0 Å². The number of nitrogens with zero attached hydrogens (tertiary/aromatic N) is 2. The summed E-state index contributed by atoms with van der Waals surface area (Å²) in [4.78, 5) is 47.5. The lowest BCUT2D eigenvalue weighted by atomic mass is 10.1. The third-order valence-corrected chi connectivity index (χ3v) is 7.83. The zero-order valence-corrected chi connectivity index (χ0v) is 31.2. The van der Waals surface area contributed by atoms with E-state index in [9.17, 15) is 19.2 Å². The maximum Gasteiger partial charge on any atom is 0.343 e. The Morgan fingerprint density at radius 2 is 0.929 bits per heavy atom. The first-order valence-electron chi connectivity index (χ1n) is 18.1. The molecule has 0 aromatic heterocycles. The molecule has 0 aliphatic heterocycles. The van der Waals surface area contributed by atoms with Crippen LogP contribution in [0.4, 0.5) is 0 Å². The van der Waals surface area contributed by atoms with E-state index in [0.717, 1.165) is 29.0 Å².